The van der Waals surface area contributed by atoms with Crippen molar-refractivity contribution in [1.82, 2.24) is 14.5 Å². The van der Waals surface area contributed by atoms with Crippen molar-refractivity contribution in [3.05, 3.63) is 32.6 Å². The number of H-pyrrole nitrogens is 1. The van der Waals surface area contributed by atoms with Crippen LogP contribution in [0.3, 0.4) is 0 Å². The van der Waals surface area contributed by atoms with Gasteiger partial charge in [-0.05, 0) is 20.8 Å². The van der Waals surface area contributed by atoms with Crippen molar-refractivity contribution in [1.29, 1.82) is 0 Å². The van der Waals surface area contributed by atoms with Gasteiger partial charge in [-0.2, -0.15) is 0 Å². The fourth-order valence-corrected chi connectivity index (χ4v) is 2.78. The molecule has 1 N–H and O–H groups in total. The van der Waals surface area contributed by atoms with Gasteiger partial charge in [0.1, 0.15) is 23.0 Å². The highest BCUT2D eigenvalue weighted by Crippen LogP contribution is 2.21. The van der Waals surface area contributed by atoms with Crippen molar-refractivity contribution in [3.8, 4) is 0 Å². The third kappa shape index (κ3) is 3.93. The van der Waals surface area contributed by atoms with Crippen molar-refractivity contribution < 1.29 is 7.80 Å². The Balaban J connectivity index is 2.31. The van der Waals surface area contributed by atoms with Crippen LogP contribution in [0.2, 0.25) is 0 Å². The van der Waals surface area contributed by atoms with Gasteiger partial charge < -0.3 is 7.80 Å². The van der Waals surface area contributed by atoms with Gasteiger partial charge >= 0.3 is 5.69 Å². The van der Waals surface area contributed by atoms with Gasteiger partial charge in [0.05, 0.1) is 12.7 Å². The number of rotatable bonds is 4. The van der Waals surface area contributed by atoms with Crippen LogP contribution < -0.4 is 11.2 Å². The molecule has 1 fully saturated rings. The minimum atomic E-state index is -0.449. The molecule has 0 aromatic carbocycles. The van der Waals surface area contributed by atoms with E-state index in [1.54, 1.807) is 13.1 Å². The number of aryl methyl sites for hydroxylation is 1. The Morgan fingerprint density at radius 2 is 2.19 bits per heavy atom. The maximum atomic E-state index is 12.0. The van der Waals surface area contributed by atoms with E-state index in [0.29, 0.717) is 24.8 Å². The number of nitrogens with one attached hydrogen (secondary N) is 1. The van der Waals surface area contributed by atoms with E-state index in [-0.39, 0.29) is 11.7 Å². The third-order valence-corrected chi connectivity index (χ3v) is 3.97. The molecule has 7 nitrogen and oxygen atoms in total. The maximum Gasteiger partial charge on any atom is 0.330 e. The number of hydrogen-bond acceptors (Lipinski definition) is 5. The lowest BCUT2D eigenvalue weighted by molar-refractivity contribution is -0.136. The molecule has 0 radical (unpaired) electrons. The number of aromatic nitrogens is 2. The summed E-state index contributed by atoms with van der Waals surface area (Å²) in [5, 5.41) is 0. The molecule has 2 unspecified atom stereocenters. The number of halogens is 1. The minimum Gasteiger partial charge on any atom is -0.349 e. The monoisotopic (exact) mass is 409 g/mol. The molecule has 1 aliphatic heterocycles. The molecule has 1 aromatic rings. The Kier molecular flexibility index (Phi) is 5.58. The molecule has 0 aliphatic carbocycles. The van der Waals surface area contributed by atoms with Crippen molar-refractivity contribution >= 4 is 23.0 Å². The molecule has 0 amide bonds. The van der Waals surface area contributed by atoms with E-state index >= 15 is 0 Å². The van der Waals surface area contributed by atoms with Crippen molar-refractivity contribution in [3.63, 3.8) is 0 Å². The Labute approximate surface area is 136 Å². The number of morpholine rings is 1. The van der Waals surface area contributed by atoms with Crippen LogP contribution in [0.1, 0.15) is 25.6 Å². The first-order chi connectivity index (χ1) is 9.92. The van der Waals surface area contributed by atoms with Gasteiger partial charge in [0.25, 0.3) is 5.56 Å². The van der Waals surface area contributed by atoms with Crippen molar-refractivity contribution in [2.24, 2.45) is 0 Å². The largest absolute Gasteiger partial charge is 0.349 e. The van der Waals surface area contributed by atoms with Gasteiger partial charge in [0, 0.05) is 30.9 Å². The fourth-order valence-electron chi connectivity index (χ4n) is 2.38. The first-order valence-corrected chi connectivity index (χ1v) is 7.75. The summed E-state index contributed by atoms with van der Waals surface area (Å²) in [6.45, 7) is 7.69. The SMILES string of the molecule is Cc1cn(C2CN(C(C)C)CC(COI)O2)c(=O)[nH]c1=O. The van der Waals surface area contributed by atoms with Crippen LogP contribution in [0.25, 0.3) is 0 Å². The summed E-state index contributed by atoms with van der Waals surface area (Å²) in [6, 6.07) is 0.340. The molecule has 1 aliphatic rings. The summed E-state index contributed by atoms with van der Waals surface area (Å²) in [5.41, 5.74) is -0.322. The molecular formula is C13H20IN3O4. The molecule has 21 heavy (non-hydrogen) atoms. The first-order valence-electron chi connectivity index (χ1n) is 6.87. The van der Waals surface area contributed by atoms with Crippen LogP contribution in [0.15, 0.2) is 15.8 Å². The van der Waals surface area contributed by atoms with Gasteiger partial charge in [0.2, 0.25) is 0 Å². The Morgan fingerprint density at radius 3 is 2.81 bits per heavy atom. The molecule has 8 heteroatoms. The molecule has 1 aromatic heterocycles. The quantitative estimate of drug-likeness (QED) is 0.746. The average Bonchev–Trinajstić information content (AvgIpc) is 2.42. The Bertz CT molecular complexity index is 598. The van der Waals surface area contributed by atoms with Gasteiger partial charge in [0.15, 0.2) is 6.23 Å². The lowest BCUT2D eigenvalue weighted by Gasteiger charge is -2.40. The highest BCUT2D eigenvalue weighted by Gasteiger charge is 2.31. The van der Waals surface area contributed by atoms with E-state index in [4.69, 9.17) is 7.80 Å². The van der Waals surface area contributed by atoms with E-state index < -0.39 is 11.9 Å². The summed E-state index contributed by atoms with van der Waals surface area (Å²) in [6.07, 6.45) is 1.01. The van der Waals surface area contributed by atoms with Crippen LogP contribution in [-0.4, -0.2) is 46.3 Å². The zero-order chi connectivity index (χ0) is 15.6. The number of aromatic amines is 1. The van der Waals surface area contributed by atoms with Gasteiger partial charge in [-0.15, -0.1) is 0 Å². The Hall–Kier alpha value is -0.710. The molecule has 1 saturated heterocycles. The molecule has 2 atom stereocenters. The van der Waals surface area contributed by atoms with E-state index in [1.807, 2.05) is 23.0 Å². The third-order valence-electron chi connectivity index (χ3n) is 3.61. The maximum absolute atomic E-state index is 12.0. The zero-order valence-electron chi connectivity index (χ0n) is 12.3. The summed E-state index contributed by atoms with van der Waals surface area (Å²) in [4.78, 5) is 28.0. The van der Waals surface area contributed by atoms with E-state index in [1.165, 1.54) is 4.57 Å². The van der Waals surface area contributed by atoms with Crippen LogP contribution in [-0.2, 0) is 7.80 Å². The predicted molar refractivity (Wildman–Crippen MR) is 86.7 cm³/mol. The molecule has 2 rings (SSSR count). The molecule has 118 valence electrons. The lowest BCUT2D eigenvalue weighted by atomic mass is 10.2. The van der Waals surface area contributed by atoms with Crippen LogP contribution in [0.5, 0.6) is 0 Å². The molecule has 0 saturated carbocycles. The van der Waals surface area contributed by atoms with Gasteiger partial charge in [-0.1, -0.05) is 0 Å². The Morgan fingerprint density at radius 1 is 1.48 bits per heavy atom. The van der Waals surface area contributed by atoms with Crippen LogP contribution >= 0.6 is 23.0 Å². The topological polar surface area (TPSA) is 76.6 Å². The number of nitrogens with zero attached hydrogens (tertiary/aromatic N) is 2. The van der Waals surface area contributed by atoms with Gasteiger partial charge in [-0.3, -0.25) is 19.2 Å². The van der Waals surface area contributed by atoms with Crippen LogP contribution in [0.4, 0.5) is 0 Å². The normalized spacial score (nSPS) is 23.7. The summed E-state index contributed by atoms with van der Waals surface area (Å²) >= 11 is 1.84. The second-order valence-corrected chi connectivity index (χ2v) is 6.14. The molecule has 0 spiro atoms. The van der Waals surface area contributed by atoms with Gasteiger partial charge in [-0.25, -0.2) is 4.79 Å². The average molecular weight is 409 g/mol. The van der Waals surface area contributed by atoms with E-state index in [0.717, 1.165) is 6.54 Å². The second kappa shape index (κ2) is 7.03. The second-order valence-electron chi connectivity index (χ2n) is 5.51. The summed E-state index contributed by atoms with van der Waals surface area (Å²) < 4.78 is 12.5. The molecule has 2 heterocycles. The zero-order valence-corrected chi connectivity index (χ0v) is 14.5. The van der Waals surface area contributed by atoms with Crippen LogP contribution in [0, 0.1) is 6.92 Å². The smallest absolute Gasteiger partial charge is 0.330 e. The van der Waals surface area contributed by atoms with Crippen molar-refractivity contribution in [2.75, 3.05) is 19.7 Å². The molecule has 0 bridgehead atoms. The van der Waals surface area contributed by atoms with Crippen molar-refractivity contribution in [2.45, 2.75) is 39.1 Å². The highest BCUT2D eigenvalue weighted by atomic mass is 127. The minimum absolute atomic E-state index is 0.109. The number of hydrogen-bond donors (Lipinski definition) is 1. The van der Waals surface area contributed by atoms with E-state index in [2.05, 4.69) is 23.7 Å². The fraction of sp³-hybridized carbons (Fsp3) is 0.692. The summed E-state index contributed by atoms with van der Waals surface area (Å²) in [5.74, 6) is 0. The molecular weight excluding hydrogens is 389 g/mol. The lowest BCUT2D eigenvalue weighted by Crippen LogP contribution is -2.51. The number of ether oxygens (including phenoxy) is 1. The highest BCUT2D eigenvalue weighted by molar-refractivity contribution is 14.1. The standard InChI is InChI=1S/C13H20IN3O4/c1-8(2)16-5-10(7-20-14)21-11(6-16)17-4-9(3)12(18)15-13(17)19/h4,8,10-11H,5-7H2,1-3H3,(H,15,18,19). The summed E-state index contributed by atoms with van der Waals surface area (Å²) in [7, 11) is 0. The predicted octanol–water partition coefficient (Wildman–Crippen LogP) is 0.819. The van der Waals surface area contributed by atoms with E-state index in [9.17, 15) is 9.59 Å². The first kappa shape index (κ1) is 16.7.